The SMILES string of the molecule is Fc1ccc2c(c1)CN(c1cccnc1)CO2. The fraction of sp³-hybridized carbons (Fsp3) is 0.154. The zero-order chi connectivity index (χ0) is 11.7. The summed E-state index contributed by atoms with van der Waals surface area (Å²) in [4.78, 5) is 6.07. The molecular formula is C13H11FN2O. The largest absolute Gasteiger partial charge is 0.473 e. The van der Waals surface area contributed by atoms with E-state index in [1.807, 2.05) is 17.0 Å². The molecule has 17 heavy (non-hydrogen) atoms. The molecule has 2 aromatic rings. The van der Waals surface area contributed by atoms with Gasteiger partial charge in [-0.25, -0.2) is 4.39 Å². The van der Waals surface area contributed by atoms with E-state index in [9.17, 15) is 4.39 Å². The summed E-state index contributed by atoms with van der Waals surface area (Å²) in [6.07, 6.45) is 3.50. The van der Waals surface area contributed by atoms with E-state index in [4.69, 9.17) is 4.74 Å². The number of anilines is 1. The van der Waals surface area contributed by atoms with Crippen LogP contribution in [0.3, 0.4) is 0 Å². The van der Waals surface area contributed by atoms with Crippen LogP contribution in [0.5, 0.6) is 5.75 Å². The normalized spacial score (nSPS) is 14.1. The maximum Gasteiger partial charge on any atom is 0.161 e. The lowest BCUT2D eigenvalue weighted by molar-refractivity contribution is 0.288. The summed E-state index contributed by atoms with van der Waals surface area (Å²) in [6.45, 7) is 1.10. The van der Waals surface area contributed by atoms with Gasteiger partial charge in [-0.15, -0.1) is 0 Å². The highest BCUT2D eigenvalue weighted by atomic mass is 19.1. The molecule has 3 rings (SSSR count). The van der Waals surface area contributed by atoms with Crippen molar-refractivity contribution in [3.8, 4) is 5.75 Å². The van der Waals surface area contributed by atoms with Gasteiger partial charge < -0.3 is 9.64 Å². The Hall–Kier alpha value is -2.10. The van der Waals surface area contributed by atoms with Crippen molar-refractivity contribution in [3.05, 3.63) is 54.1 Å². The first-order chi connectivity index (χ1) is 8.33. The van der Waals surface area contributed by atoms with E-state index < -0.39 is 0 Å². The smallest absolute Gasteiger partial charge is 0.161 e. The Labute approximate surface area is 98.5 Å². The minimum absolute atomic E-state index is 0.236. The molecule has 2 heterocycles. The third-order valence-corrected chi connectivity index (χ3v) is 2.77. The van der Waals surface area contributed by atoms with Crippen LogP contribution in [0, 0.1) is 5.82 Å². The van der Waals surface area contributed by atoms with Gasteiger partial charge in [0.2, 0.25) is 0 Å². The van der Waals surface area contributed by atoms with Crippen LogP contribution in [-0.4, -0.2) is 11.7 Å². The molecule has 0 bridgehead atoms. The van der Waals surface area contributed by atoms with Gasteiger partial charge in [-0.05, 0) is 30.3 Å². The Kier molecular flexibility index (Phi) is 2.40. The second-order valence-electron chi connectivity index (χ2n) is 3.93. The Morgan fingerprint density at radius 3 is 3.06 bits per heavy atom. The molecule has 1 aromatic carbocycles. The molecule has 0 saturated carbocycles. The van der Waals surface area contributed by atoms with Crippen molar-refractivity contribution < 1.29 is 9.13 Å². The van der Waals surface area contributed by atoms with Gasteiger partial charge in [0.05, 0.1) is 11.9 Å². The van der Waals surface area contributed by atoms with E-state index in [-0.39, 0.29) is 5.82 Å². The Morgan fingerprint density at radius 2 is 2.24 bits per heavy atom. The van der Waals surface area contributed by atoms with Crippen molar-refractivity contribution in [2.24, 2.45) is 0 Å². The van der Waals surface area contributed by atoms with Crippen LogP contribution in [0.25, 0.3) is 0 Å². The highest BCUT2D eigenvalue weighted by Gasteiger charge is 2.17. The van der Waals surface area contributed by atoms with Gasteiger partial charge >= 0.3 is 0 Å². The van der Waals surface area contributed by atoms with E-state index >= 15 is 0 Å². The highest BCUT2D eigenvalue weighted by Crippen LogP contribution is 2.28. The molecule has 1 aliphatic heterocycles. The molecule has 0 radical (unpaired) electrons. The van der Waals surface area contributed by atoms with Crippen LogP contribution in [0.15, 0.2) is 42.7 Å². The summed E-state index contributed by atoms with van der Waals surface area (Å²) in [6, 6.07) is 8.43. The van der Waals surface area contributed by atoms with Gasteiger partial charge in [0, 0.05) is 18.3 Å². The minimum atomic E-state index is -0.236. The monoisotopic (exact) mass is 230 g/mol. The molecule has 3 nitrogen and oxygen atoms in total. The molecule has 0 N–H and O–H groups in total. The van der Waals surface area contributed by atoms with Gasteiger partial charge in [0.1, 0.15) is 11.6 Å². The van der Waals surface area contributed by atoms with E-state index in [0.29, 0.717) is 13.3 Å². The maximum atomic E-state index is 13.1. The summed E-state index contributed by atoms with van der Waals surface area (Å²) in [5.74, 6) is 0.520. The van der Waals surface area contributed by atoms with E-state index in [2.05, 4.69) is 4.98 Å². The number of benzene rings is 1. The van der Waals surface area contributed by atoms with Crippen LogP contribution < -0.4 is 9.64 Å². The molecule has 1 aromatic heterocycles. The first-order valence-electron chi connectivity index (χ1n) is 5.39. The standard InChI is InChI=1S/C13H11FN2O/c14-11-3-4-13-10(6-11)8-16(9-17-13)12-2-1-5-15-7-12/h1-7H,8-9H2. The average molecular weight is 230 g/mol. The van der Waals surface area contributed by atoms with Gasteiger partial charge in [-0.3, -0.25) is 4.98 Å². The van der Waals surface area contributed by atoms with E-state index in [1.165, 1.54) is 12.1 Å². The lowest BCUT2D eigenvalue weighted by Crippen LogP contribution is -2.31. The highest BCUT2D eigenvalue weighted by molar-refractivity contribution is 5.48. The van der Waals surface area contributed by atoms with Crippen LogP contribution in [0.4, 0.5) is 10.1 Å². The predicted octanol–water partition coefficient (Wildman–Crippen LogP) is 2.58. The first-order valence-corrected chi connectivity index (χ1v) is 5.39. The average Bonchev–Trinajstić information content (AvgIpc) is 2.39. The first kappa shape index (κ1) is 10.1. The predicted molar refractivity (Wildman–Crippen MR) is 62.3 cm³/mol. The number of hydrogen-bond acceptors (Lipinski definition) is 3. The summed E-state index contributed by atoms with van der Waals surface area (Å²) >= 11 is 0. The number of hydrogen-bond donors (Lipinski definition) is 0. The number of pyridine rings is 1. The number of aromatic nitrogens is 1. The molecule has 4 heteroatoms. The molecule has 1 aliphatic rings. The van der Waals surface area contributed by atoms with Crippen molar-refractivity contribution in [2.75, 3.05) is 11.6 Å². The number of ether oxygens (including phenoxy) is 1. The zero-order valence-electron chi connectivity index (χ0n) is 9.14. The van der Waals surface area contributed by atoms with Crippen LogP contribution in [0.2, 0.25) is 0 Å². The van der Waals surface area contributed by atoms with Crippen molar-refractivity contribution in [1.82, 2.24) is 4.98 Å². The molecule has 0 fully saturated rings. The second-order valence-corrected chi connectivity index (χ2v) is 3.93. The van der Waals surface area contributed by atoms with Gasteiger partial charge in [-0.1, -0.05) is 0 Å². The quantitative estimate of drug-likeness (QED) is 0.752. The van der Waals surface area contributed by atoms with E-state index in [1.54, 1.807) is 18.5 Å². The van der Waals surface area contributed by atoms with Gasteiger partial charge in [-0.2, -0.15) is 0 Å². The third-order valence-electron chi connectivity index (χ3n) is 2.77. The van der Waals surface area contributed by atoms with Crippen molar-refractivity contribution >= 4 is 5.69 Å². The lowest BCUT2D eigenvalue weighted by atomic mass is 10.1. The molecule has 0 atom stereocenters. The summed E-state index contributed by atoms with van der Waals surface area (Å²) in [5, 5.41) is 0. The fourth-order valence-corrected chi connectivity index (χ4v) is 1.92. The van der Waals surface area contributed by atoms with Crippen LogP contribution >= 0.6 is 0 Å². The second kappa shape index (κ2) is 4.05. The molecule has 0 aliphatic carbocycles. The minimum Gasteiger partial charge on any atom is -0.473 e. The number of rotatable bonds is 1. The van der Waals surface area contributed by atoms with Crippen LogP contribution in [0.1, 0.15) is 5.56 Å². The summed E-state index contributed by atoms with van der Waals surface area (Å²) in [7, 11) is 0. The zero-order valence-corrected chi connectivity index (χ0v) is 9.14. The number of fused-ring (bicyclic) bond motifs is 1. The molecule has 86 valence electrons. The van der Waals surface area contributed by atoms with E-state index in [0.717, 1.165) is 17.0 Å². The van der Waals surface area contributed by atoms with Crippen molar-refractivity contribution in [2.45, 2.75) is 6.54 Å². The molecule has 0 amide bonds. The van der Waals surface area contributed by atoms with Gasteiger partial charge in [0.15, 0.2) is 6.73 Å². The lowest BCUT2D eigenvalue weighted by Gasteiger charge is -2.30. The summed E-state index contributed by atoms with van der Waals surface area (Å²) < 4.78 is 18.7. The Balaban J connectivity index is 1.90. The Bertz CT molecular complexity index is 530. The topological polar surface area (TPSA) is 25.4 Å². The molecule has 0 unspecified atom stereocenters. The van der Waals surface area contributed by atoms with Crippen molar-refractivity contribution in [3.63, 3.8) is 0 Å². The fourth-order valence-electron chi connectivity index (χ4n) is 1.92. The molecule has 0 spiro atoms. The maximum absolute atomic E-state index is 13.1. The summed E-state index contributed by atoms with van der Waals surface area (Å²) in [5.41, 5.74) is 1.84. The molecule has 0 saturated heterocycles. The number of halogens is 1. The number of nitrogens with zero attached hydrogens (tertiary/aromatic N) is 2. The molecular weight excluding hydrogens is 219 g/mol. The van der Waals surface area contributed by atoms with Gasteiger partial charge in [0.25, 0.3) is 0 Å². The Morgan fingerprint density at radius 1 is 1.29 bits per heavy atom. The van der Waals surface area contributed by atoms with Crippen LogP contribution in [-0.2, 0) is 6.54 Å². The van der Waals surface area contributed by atoms with Crippen molar-refractivity contribution in [1.29, 1.82) is 0 Å². The third kappa shape index (κ3) is 1.93.